The van der Waals surface area contributed by atoms with Crippen molar-refractivity contribution in [1.82, 2.24) is 20.1 Å². The van der Waals surface area contributed by atoms with Crippen molar-refractivity contribution in [3.05, 3.63) is 89.4 Å². The molecule has 0 bridgehead atoms. The first-order valence-electron chi connectivity index (χ1n) is 9.93. The standard InChI is InChI=1S/C24H21ClN4O2S/c1-31-21-12-6-8-18(14-21)23-27-28-24(29(23)20-10-3-2-4-11-20)32-16-22(30)26-15-17-7-5-9-19(25)13-17/h2-14H,15-16H2,1H3,(H,26,30). The van der Waals surface area contributed by atoms with E-state index in [1.165, 1.54) is 11.8 Å². The Kier molecular flexibility index (Phi) is 7.09. The molecule has 6 nitrogen and oxygen atoms in total. The molecule has 162 valence electrons. The van der Waals surface area contributed by atoms with Gasteiger partial charge in [0.15, 0.2) is 11.0 Å². The number of amides is 1. The number of nitrogens with one attached hydrogen (secondary N) is 1. The van der Waals surface area contributed by atoms with E-state index in [2.05, 4.69) is 15.5 Å². The zero-order valence-corrected chi connectivity index (χ0v) is 18.9. The van der Waals surface area contributed by atoms with Crippen molar-refractivity contribution in [3.63, 3.8) is 0 Å². The average molecular weight is 465 g/mol. The lowest BCUT2D eigenvalue weighted by Gasteiger charge is -2.11. The summed E-state index contributed by atoms with van der Waals surface area (Å²) in [6, 6.07) is 24.9. The van der Waals surface area contributed by atoms with Crippen molar-refractivity contribution in [1.29, 1.82) is 0 Å². The van der Waals surface area contributed by atoms with Crippen molar-refractivity contribution in [2.24, 2.45) is 0 Å². The van der Waals surface area contributed by atoms with Crippen LogP contribution in [0.4, 0.5) is 0 Å². The highest BCUT2D eigenvalue weighted by molar-refractivity contribution is 7.99. The number of rotatable bonds is 8. The van der Waals surface area contributed by atoms with Crippen molar-refractivity contribution < 1.29 is 9.53 Å². The summed E-state index contributed by atoms with van der Waals surface area (Å²) in [5.41, 5.74) is 2.73. The summed E-state index contributed by atoms with van der Waals surface area (Å²) in [6.07, 6.45) is 0. The van der Waals surface area contributed by atoms with Crippen LogP contribution >= 0.6 is 23.4 Å². The van der Waals surface area contributed by atoms with Gasteiger partial charge in [0.05, 0.1) is 12.9 Å². The molecular formula is C24H21ClN4O2S. The van der Waals surface area contributed by atoms with Gasteiger partial charge < -0.3 is 10.1 Å². The zero-order valence-electron chi connectivity index (χ0n) is 17.4. The lowest BCUT2D eigenvalue weighted by Crippen LogP contribution is -2.24. The number of ether oxygens (including phenoxy) is 1. The summed E-state index contributed by atoms with van der Waals surface area (Å²) in [7, 11) is 1.63. The molecule has 1 N–H and O–H groups in total. The Hall–Kier alpha value is -3.29. The maximum atomic E-state index is 12.4. The first kappa shape index (κ1) is 21.9. The molecule has 0 saturated heterocycles. The Morgan fingerprint density at radius 3 is 2.62 bits per heavy atom. The Balaban J connectivity index is 1.53. The molecule has 8 heteroatoms. The molecule has 0 fully saturated rings. The molecule has 32 heavy (non-hydrogen) atoms. The molecule has 1 amide bonds. The fourth-order valence-corrected chi connectivity index (χ4v) is 4.15. The van der Waals surface area contributed by atoms with Crippen molar-refractivity contribution >= 4 is 29.3 Å². The summed E-state index contributed by atoms with van der Waals surface area (Å²) >= 11 is 7.34. The number of methoxy groups -OCH3 is 1. The lowest BCUT2D eigenvalue weighted by molar-refractivity contribution is -0.118. The minimum absolute atomic E-state index is 0.0967. The lowest BCUT2D eigenvalue weighted by atomic mass is 10.2. The van der Waals surface area contributed by atoms with Crippen LogP contribution in [0.25, 0.3) is 17.1 Å². The highest BCUT2D eigenvalue weighted by Crippen LogP contribution is 2.29. The molecule has 0 aliphatic rings. The second-order valence-electron chi connectivity index (χ2n) is 6.90. The molecule has 0 aliphatic heterocycles. The summed E-state index contributed by atoms with van der Waals surface area (Å²) in [5, 5.41) is 13.0. The van der Waals surface area contributed by atoms with Gasteiger partial charge in [0.2, 0.25) is 5.91 Å². The van der Waals surface area contributed by atoms with E-state index in [-0.39, 0.29) is 11.7 Å². The number of nitrogens with zero attached hydrogens (tertiary/aromatic N) is 3. The minimum Gasteiger partial charge on any atom is -0.497 e. The largest absolute Gasteiger partial charge is 0.497 e. The fraction of sp³-hybridized carbons (Fsp3) is 0.125. The Morgan fingerprint density at radius 2 is 1.84 bits per heavy atom. The summed E-state index contributed by atoms with van der Waals surface area (Å²) in [4.78, 5) is 12.4. The van der Waals surface area contributed by atoms with Gasteiger partial charge in [0, 0.05) is 22.8 Å². The van der Waals surface area contributed by atoms with Crippen LogP contribution in [-0.2, 0) is 11.3 Å². The maximum Gasteiger partial charge on any atom is 0.230 e. The SMILES string of the molecule is COc1cccc(-c2nnc(SCC(=O)NCc3cccc(Cl)c3)n2-c2ccccc2)c1. The van der Waals surface area contributed by atoms with E-state index >= 15 is 0 Å². The molecular weight excluding hydrogens is 444 g/mol. The number of carbonyl (C=O) groups excluding carboxylic acids is 1. The minimum atomic E-state index is -0.0967. The van der Waals surface area contributed by atoms with Crippen LogP contribution in [0.5, 0.6) is 5.75 Å². The van der Waals surface area contributed by atoms with Crippen LogP contribution in [-0.4, -0.2) is 33.5 Å². The first-order valence-corrected chi connectivity index (χ1v) is 11.3. The van der Waals surface area contributed by atoms with E-state index in [1.807, 2.05) is 77.4 Å². The molecule has 1 heterocycles. The smallest absolute Gasteiger partial charge is 0.230 e. The highest BCUT2D eigenvalue weighted by Gasteiger charge is 2.17. The summed E-state index contributed by atoms with van der Waals surface area (Å²) < 4.78 is 7.30. The second-order valence-corrected chi connectivity index (χ2v) is 8.28. The molecule has 0 saturated carbocycles. The third-order valence-electron chi connectivity index (χ3n) is 4.69. The monoisotopic (exact) mass is 464 g/mol. The van der Waals surface area contributed by atoms with Gasteiger partial charge in [-0.25, -0.2) is 0 Å². The number of aromatic nitrogens is 3. The summed E-state index contributed by atoms with van der Waals surface area (Å²) in [6.45, 7) is 0.417. The van der Waals surface area contributed by atoms with E-state index in [4.69, 9.17) is 16.3 Å². The van der Waals surface area contributed by atoms with Gasteiger partial charge in [-0.2, -0.15) is 0 Å². The molecule has 0 atom stereocenters. The zero-order chi connectivity index (χ0) is 22.3. The number of para-hydroxylation sites is 1. The number of hydrogen-bond donors (Lipinski definition) is 1. The van der Waals surface area contributed by atoms with Gasteiger partial charge in [-0.05, 0) is 42.0 Å². The Labute approximate surface area is 195 Å². The number of benzene rings is 3. The molecule has 4 rings (SSSR count). The molecule has 0 radical (unpaired) electrons. The normalized spacial score (nSPS) is 10.7. The van der Waals surface area contributed by atoms with Gasteiger partial charge in [0.1, 0.15) is 5.75 Å². The van der Waals surface area contributed by atoms with Crippen LogP contribution in [0.1, 0.15) is 5.56 Å². The van der Waals surface area contributed by atoms with Crippen molar-refractivity contribution in [2.75, 3.05) is 12.9 Å². The molecule has 0 spiro atoms. The van der Waals surface area contributed by atoms with Crippen LogP contribution in [0, 0.1) is 0 Å². The van der Waals surface area contributed by atoms with E-state index in [0.29, 0.717) is 22.5 Å². The molecule has 4 aromatic rings. The number of hydrogen-bond acceptors (Lipinski definition) is 5. The number of halogens is 1. The predicted octanol–water partition coefficient (Wildman–Crippen LogP) is 5.00. The van der Waals surface area contributed by atoms with Crippen molar-refractivity contribution in [2.45, 2.75) is 11.7 Å². The maximum absolute atomic E-state index is 12.4. The fourth-order valence-electron chi connectivity index (χ4n) is 3.15. The summed E-state index contributed by atoms with van der Waals surface area (Å²) in [5.74, 6) is 1.53. The van der Waals surface area contributed by atoms with E-state index in [0.717, 1.165) is 22.6 Å². The van der Waals surface area contributed by atoms with Crippen LogP contribution in [0.15, 0.2) is 84.0 Å². The van der Waals surface area contributed by atoms with Crippen LogP contribution in [0.2, 0.25) is 5.02 Å². The Bertz CT molecular complexity index is 1210. The molecule has 0 aliphatic carbocycles. The van der Waals surface area contributed by atoms with Crippen molar-refractivity contribution in [3.8, 4) is 22.8 Å². The van der Waals surface area contributed by atoms with E-state index in [1.54, 1.807) is 13.2 Å². The average Bonchev–Trinajstić information content (AvgIpc) is 3.26. The van der Waals surface area contributed by atoms with Gasteiger partial charge in [-0.15, -0.1) is 10.2 Å². The van der Waals surface area contributed by atoms with Gasteiger partial charge in [-0.3, -0.25) is 9.36 Å². The predicted molar refractivity (Wildman–Crippen MR) is 127 cm³/mol. The van der Waals surface area contributed by atoms with E-state index < -0.39 is 0 Å². The van der Waals surface area contributed by atoms with Gasteiger partial charge >= 0.3 is 0 Å². The van der Waals surface area contributed by atoms with Gasteiger partial charge in [0.25, 0.3) is 0 Å². The molecule has 0 unspecified atom stereocenters. The third kappa shape index (κ3) is 5.30. The number of thioether (sulfide) groups is 1. The third-order valence-corrected chi connectivity index (χ3v) is 5.85. The quantitative estimate of drug-likeness (QED) is 0.371. The second kappa shape index (κ2) is 10.3. The first-order chi connectivity index (χ1) is 15.6. The topological polar surface area (TPSA) is 69.0 Å². The molecule has 1 aromatic heterocycles. The Morgan fingerprint density at radius 1 is 1.03 bits per heavy atom. The van der Waals surface area contributed by atoms with Crippen LogP contribution < -0.4 is 10.1 Å². The van der Waals surface area contributed by atoms with Gasteiger partial charge in [-0.1, -0.05) is 65.8 Å². The highest BCUT2D eigenvalue weighted by atomic mass is 35.5. The number of carbonyl (C=O) groups is 1. The molecule has 3 aromatic carbocycles. The van der Waals surface area contributed by atoms with E-state index in [9.17, 15) is 4.79 Å². The van der Waals surface area contributed by atoms with Crippen LogP contribution in [0.3, 0.4) is 0 Å².